The van der Waals surface area contributed by atoms with Crippen LogP contribution in [0.2, 0.25) is 0 Å². The minimum absolute atomic E-state index is 0.495. The minimum atomic E-state index is 0.495. The lowest BCUT2D eigenvalue weighted by molar-refractivity contribution is -0.669. The standard InChI is InChI=1S/C8H11N3O2/c1-3-13-6-9-8-4-5-11(12)10-7(8)2/h4-6H,3H2,1-2H3. The van der Waals surface area contributed by atoms with Crippen LogP contribution in [0.3, 0.4) is 0 Å². The van der Waals surface area contributed by atoms with Gasteiger partial charge in [0.2, 0.25) is 6.20 Å². The Hall–Kier alpha value is -1.65. The average molecular weight is 181 g/mol. The molecule has 1 heterocycles. The maximum absolute atomic E-state index is 10.7. The normalized spacial score (nSPS) is 10.6. The predicted molar refractivity (Wildman–Crippen MR) is 47.7 cm³/mol. The summed E-state index contributed by atoms with van der Waals surface area (Å²) in [6.45, 7) is 4.16. The number of ether oxygens (including phenoxy) is 1. The summed E-state index contributed by atoms with van der Waals surface area (Å²) in [6.07, 6.45) is 2.64. The van der Waals surface area contributed by atoms with E-state index < -0.39 is 0 Å². The highest BCUT2D eigenvalue weighted by Crippen LogP contribution is 2.11. The van der Waals surface area contributed by atoms with Gasteiger partial charge in [-0.25, -0.2) is 4.99 Å². The van der Waals surface area contributed by atoms with Crippen molar-refractivity contribution in [2.75, 3.05) is 6.61 Å². The summed E-state index contributed by atoms with van der Waals surface area (Å²) in [6, 6.07) is 1.59. The van der Waals surface area contributed by atoms with Gasteiger partial charge in [0.1, 0.15) is 5.69 Å². The number of hydrogen-bond donors (Lipinski definition) is 0. The molecule has 0 aliphatic rings. The van der Waals surface area contributed by atoms with Crippen molar-refractivity contribution >= 4 is 12.1 Å². The number of rotatable bonds is 3. The van der Waals surface area contributed by atoms with Crippen LogP contribution in [0, 0.1) is 12.1 Å². The van der Waals surface area contributed by atoms with Crippen LogP contribution in [0.15, 0.2) is 17.3 Å². The fourth-order valence-corrected chi connectivity index (χ4v) is 0.792. The molecule has 5 nitrogen and oxygen atoms in total. The molecule has 70 valence electrons. The molecule has 1 aromatic heterocycles. The maximum Gasteiger partial charge on any atom is 0.212 e. The number of aryl methyl sites for hydroxylation is 1. The zero-order chi connectivity index (χ0) is 9.68. The summed E-state index contributed by atoms with van der Waals surface area (Å²) in [7, 11) is 0. The molecule has 0 fully saturated rings. The molecule has 13 heavy (non-hydrogen) atoms. The van der Waals surface area contributed by atoms with E-state index in [4.69, 9.17) is 4.74 Å². The summed E-state index contributed by atoms with van der Waals surface area (Å²) in [5.74, 6) is 0. The van der Waals surface area contributed by atoms with E-state index in [2.05, 4.69) is 10.1 Å². The van der Waals surface area contributed by atoms with Crippen molar-refractivity contribution in [2.45, 2.75) is 13.8 Å². The van der Waals surface area contributed by atoms with Gasteiger partial charge in [-0.05, 0) is 13.8 Å². The van der Waals surface area contributed by atoms with Gasteiger partial charge in [-0.2, -0.15) is 0 Å². The van der Waals surface area contributed by atoms with Crippen molar-refractivity contribution in [2.24, 2.45) is 4.99 Å². The molecular formula is C8H11N3O2. The van der Waals surface area contributed by atoms with Crippen molar-refractivity contribution < 1.29 is 9.58 Å². The number of aliphatic imine (C=N–C) groups is 1. The molecule has 0 saturated heterocycles. The Bertz CT molecular complexity index is 312. The maximum atomic E-state index is 10.7. The third kappa shape index (κ3) is 2.70. The molecule has 0 saturated carbocycles. The van der Waals surface area contributed by atoms with E-state index in [1.807, 2.05) is 6.92 Å². The topological polar surface area (TPSA) is 61.4 Å². The highest BCUT2D eigenvalue weighted by Gasteiger charge is 2.00. The van der Waals surface area contributed by atoms with E-state index in [1.165, 1.54) is 12.6 Å². The quantitative estimate of drug-likeness (QED) is 0.299. The van der Waals surface area contributed by atoms with Crippen molar-refractivity contribution in [1.82, 2.24) is 5.10 Å². The van der Waals surface area contributed by atoms with E-state index in [-0.39, 0.29) is 0 Å². The molecule has 0 aromatic carbocycles. The molecule has 5 heteroatoms. The van der Waals surface area contributed by atoms with Crippen LogP contribution < -0.4 is 4.85 Å². The summed E-state index contributed by atoms with van der Waals surface area (Å²) in [5, 5.41) is 14.3. The van der Waals surface area contributed by atoms with Gasteiger partial charge in [0.25, 0.3) is 0 Å². The van der Waals surface area contributed by atoms with Gasteiger partial charge in [-0.1, -0.05) is 4.85 Å². The first-order valence-electron chi connectivity index (χ1n) is 3.95. The Kier molecular flexibility index (Phi) is 3.19. The first kappa shape index (κ1) is 9.44. The molecular weight excluding hydrogens is 170 g/mol. The summed E-state index contributed by atoms with van der Waals surface area (Å²) in [4.78, 5) is 4.47. The van der Waals surface area contributed by atoms with E-state index in [0.29, 0.717) is 22.8 Å². The van der Waals surface area contributed by atoms with E-state index in [0.717, 1.165) is 0 Å². The molecule has 0 N–H and O–H groups in total. The highest BCUT2D eigenvalue weighted by atomic mass is 16.5. The van der Waals surface area contributed by atoms with Crippen LogP contribution in [0.4, 0.5) is 5.69 Å². The van der Waals surface area contributed by atoms with Crippen LogP contribution in [-0.2, 0) is 4.74 Å². The van der Waals surface area contributed by atoms with Crippen LogP contribution in [-0.4, -0.2) is 18.1 Å². The molecule has 0 aliphatic carbocycles. The minimum Gasteiger partial charge on any atom is -0.594 e. The molecule has 1 aromatic rings. The van der Waals surface area contributed by atoms with Gasteiger partial charge >= 0.3 is 0 Å². The average Bonchev–Trinajstić information content (AvgIpc) is 2.09. The van der Waals surface area contributed by atoms with Gasteiger partial charge < -0.3 is 9.94 Å². The summed E-state index contributed by atoms with van der Waals surface area (Å²) >= 11 is 0. The lowest BCUT2D eigenvalue weighted by Crippen LogP contribution is -2.30. The molecule has 0 radical (unpaired) electrons. The van der Waals surface area contributed by atoms with Gasteiger partial charge in [0, 0.05) is 11.2 Å². The van der Waals surface area contributed by atoms with Crippen LogP contribution in [0.5, 0.6) is 0 Å². The zero-order valence-corrected chi connectivity index (χ0v) is 7.60. The zero-order valence-electron chi connectivity index (χ0n) is 7.60. The number of aromatic nitrogens is 2. The summed E-state index contributed by atoms with van der Waals surface area (Å²) in [5.41, 5.74) is 1.22. The molecule has 0 atom stereocenters. The van der Waals surface area contributed by atoms with E-state index in [9.17, 15) is 5.21 Å². The van der Waals surface area contributed by atoms with E-state index >= 15 is 0 Å². The van der Waals surface area contributed by atoms with Gasteiger partial charge in [-0.3, -0.25) is 0 Å². The number of nitrogens with zero attached hydrogens (tertiary/aromatic N) is 3. The van der Waals surface area contributed by atoms with Gasteiger partial charge in [0.05, 0.1) is 12.3 Å². The second-order valence-corrected chi connectivity index (χ2v) is 2.38. The number of hydrogen-bond acceptors (Lipinski definition) is 4. The molecule has 0 aliphatic heterocycles. The Balaban J connectivity index is 2.77. The first-order chi connectivity index (χ1) is 6.24. The fraction of sp³-hybridized carbons (Fsp3) is 0.375. The van der Waals surface area contributed by atoms with Crippen molar-refractivity contribution in [1.29, 1.82) is 0 Å². The smallest absolute Gasteiger partial charge is 0.212 e. The molecule has 0 spiro atoms. The van der Waals surface area contributed by atoms with E-state index in [1.54, 1.807) is 13.0 Å². The first-order valence-corrected chi connectivity index (χ1v) is 3.95. The van der Waals surface area contributed by atoms with Crippen LogP contribution in [0.1, 0.15) is 12.6 Å². The third-order valence-electron chi connectivity index (χ3n) is 1.41. The lowest BCUT2D eigenvalue weighted by Gasteiger charge is -1.97. The van der Waals surface area contributed by atoms with Gasteiger partial charge in [-0.15, -0.1) is 0 Å². The summed E-state index contributed by atoms with van der Waals surface area (Å²) < 4.78 is 4.92. The Morgan fingerprint density at radius 2 is 2.54 bits per heavy atom. The third-order valence-corrected chi connectivity index (χ3v) is 1.41. The van der Waals surface area contributed by atoms with Gasteiger partial charge in [0.15, 0.2) is 6.40 Å². The van der Waals surface area contributed by atoms with Crippen molar-refractivity contribution in [3.63, 3.8) is 0 Å². The molecule has 0 unspecified atom stereocenters. The highest BCUT2D eigenvalue weighted by molar-refractivity contribution is 5.56. The van der Waals surface area contributed by atoms with Crippen molar-refractivity contribution in [3.05, 3.63) is 23.2 Å². The molecule has 1 rings (SSSR count). The van der Waals surface area contributed by atoms with Crippen LogP contribution >= 0.6 is 0 Å². The SMILES string of the molecule is CCOC=Nc1cc[n+]([O-])nc1C. The fourth-order valence-electron chi connectivity index (χ4n) is 0.792. The monoisotopic (exact) mass is 181 g/mol. The Morgan fingerprint density at radius 1 is 1.77 bits per heavy atom. The Morgan fingerprint density at radius 3 is 3.15 bits per heavy atom. The van der Waals surface area contributed by atoms with Crippen molar-refractivity contribution in [3.8, 4) is 0 Å². The Labute approximate surface area is 76.3 Å². The second-order valence-electron chi connectivity index (χ2n) is 2.38. The largest absolute Gasteiger partial charge is 0.594 e. The molecule has 0 bridgehead atoms. The predicted octanol–water partition coefficient (Wildman–Crippen LogP) is 0.720. The second kappa shape index (κ2) is 4.39. The molecule has 0 amide bonds. The van der Waals surface area contributed by atoms with Crippen LogP contribution in [0.25, 0.3) is 0 Å². The lowest BCUT2D eigenvalue weighted by atomic mass is 10.4.